The predicted octanol–water partition coefficient (Wildman–Crippen LogP) is 7.92. The van der Waals surface area contributed by atoms with Crippen molar-refractivity contribution in [3.63, 3.8) is 0 Å². The lowest BCUT2D eigenvalue weighted by atomic mass is 9.89. The van der Waals surface area contributed by atoms with Crippen LogP contribution in [0.15, 0.2) is 59.5 Å². The van der Waals surface area contributed by atoms with E-state index in [1.807, 2.05) is 37.3 Å². The smallest absolute Gasteiger partial charge is 0.303 e. The number of benzene rings is 2. The first-order valence-corrected chi connectivity index (χ1v) is 12.9. The van der Waals surface area contributed by atoms with Gasteiger partial charge in [0.2, 0.25) is 5.89 Å². The molecule has 0 aliphatic heterocycles. The Balaban J connectivity index is 0.000000886. The fourth-order valence-electron chi connectivity index (χ4n) is 4.45. The molecule has 1 atom stereocenters. The Bertz CT molecular complexity index is 1230. The Hall–Kier alpha value is -3.67. The van der Waals surface area contributed by atoms with E-state index in [0.29, 0.717) is 18.9 Å². The Morgan fingerprint density at radius 2 is 1.97 bits per heavy atom. The zero-order chi connectivity index (χ0) is 26.8. The van der Waals surface area contributed by atoms with Crippen LogP contribution in [0.2, 0.25) is 0 Å². The van der Waals surface area contributed by atoms with Crippen LogP contribution in [-0.2, 0) is 17.6 Å². The van der Waals surface area contributed by atoms with Gasteiger partial charge in [-0.1, -0.05) is 38.1 Å². The lowest BCUT2D eigenvalue weighted by Gasteiger charge is -2.17. The summed E-state index contributed by atoms with van der Waals surface area (Å²) in [5.74, 6) is 0.933. The van der Waals surface area contributed by atoms with E-state index in [-0.39, 0.29) is 18.2 Å². The maximum absolute atomic E-state index is 13.5. The molecule has 1 unspecified atom stereocenters. The molecule has 0 fully saturated rings. The fraction of sp³-hybridized carbons (Fsp3) is 0.355. The number of rotatable bonds is 10. The number of ether oxygens (including phenoxy) is 1. The standard InChI is InChI=1S/C27H28FNO4.C4H8/c1-3-4-5-25-29-24(17(2)33-25)12-13-32-22-14-19-6-7-20(15-26(30)31)27(19)23(16-22)18-8-10-21(28)11-9-18;1-3-4-2/h4-5,8-11,14,16,20H,3,6-7,12-13,15H2,1-2H3,(H,30,31);3H,1,4H2,2H3/b5-4+;. The highest BCUT2D eigenvalue weighted by Crippen LogP contribution is 2.44. The molecule has 6 heteroatoms. The highest BCUT2D eigenvalue weighted by molar-refractivity contribution is 5.75. The van der Waals surface area contributed by atoms with Crippen LogP contribution < -0.4 is 4.74 Å². The SMILES string of the molecule is C=CCC.CC/C=C/c1nc(CCOc2cc3c(c(-c4ccc(F)cc4)c2)C(CC(=O)O)CC3)c(C)o1. The highest BCUT2D eigenvalue weighted by Gasteiger charge is 2.28. The summed E-state index contributed by atoms with van der Waals surface area (Å²) < 4.78 is 25.3. The van der Waals surface area contributed by atoms with Crippen molar-refractivity contribution in [1.82, 2.24) is 4.98 Å². The third kappa shape index (κ3) is 7.66. The van der Waals surface area contributed by atoms with Gasteiger partial charge < -0.3 is 14.3 Å². The second kappa shape index (κ2) is 13.6. The molecule has 0 spiro atoms. The number of nitrogens with zero attached hydrogens (tertiary/aromatic N) is 1. The highest BCUT2D eigenvalue weighted by atomic mass is 19.1. The van der Waals surface area contributed by atoms with Crippen LogP contribution in [0.5, 0.6) is 5.75 Å². The van der Waals surface area contributed by atoms with E-state index < -0.39 is 5.97 Å². The summed E-state index contributed by atoms with van der Waals surface area (Å²) >= 11 is 0. The molecular formula is C31H36FNO4. The molecule has 1 aromatic heterocycles. The van der Waals surface area contributed by atoms with E-state index in [0.717, 1.165) is 65.1 Å². The quantitative estimate of drug-likeness (QED) is 0.283. The van der Waals surface area contributed by atoms with Crippen molar-refractivity contribution in [3.05, 3.63) is 89.4 Å². The Labute approximate surface area is 218 Å². The molecule has 37 heavy (non-hydrogen) atoms. The van der Waals surface area contributed by atoms with Gasteiger partial charge in [0.1, 0.15) is 17.3 Å². The third-order valence-electron chi connectivity index (χ3n) is 6.29. The van der Waals surface area contributed by atoms with Crippen molar-refractivity contribution in [1.29, 1.82) is 0 Å². The molecule has 0 bridgehead atoms. The molecule has 2 aromatic carbocycles. The summed E-state index contributed by atoms with van der Waals surface area (Å²) in [6.07, 6.45) is 10.0. The van der Waals surface area contributed by atoms with E-state index >= 15 is 0 Å². The molecule has 5 nitrogen and oxygen atoms in total. The lowest BCUT2D eigenvalue weighted by molar-refractivity contribution is -0.137. The number of oxazole rings is 1. The monoisotopic (exact) mass is 505 g/mol. The molecule has 4 rings (SSSR count). The summed E-state index contributed by atoms with van der Waals surface area (Å²) in [5.41, 5.74) is 4.77. The van der Waals surface area contributed by atoms with Crippen LogP contribution in [0.4, 0.5) is 4.39 Å². The van der Waals surface area contributed by atoms with Crippen LogP contribution in [0.1, 0.15) is 73.9 Å². The van der Waals surface area contributed by atoms with Gasteiger partial charge in [-0.15, -0.1) is 6.58 Å². The average molecular weight is 506 g/mol. The first-order chi connectivity index (χ1) is 17.9. The number of hydrogen-bond acceptors (Lipinski definition) is 4. The van der Waals surface area contributed by atoms with Gasteiger partial charge in [0.05, 0.1) is 18.7 Å². The van der Waals surface area contributed by atoms with Gasteiger partial charge in [-0.2, -0.15) is 0 Å². The zero-order valence-electron chi connectivity index (χ0n) is 21.9. The van der Waals surface area contributed by atoms with Crippen LogP contribution >= 0.6 is 0 Å². The van der Waals surface area contributed by atoms with E-state index in [1.54, 1.807) is 12.1 Å². The number of hydrogen-bond donors (Lipinski definition) is 1. The molecular weight excluding hydrogens is 469 g/mol. The Morgan fingerprint density at radius 3 is 2.62 bits per heavy atom. The second-order valence-corrected chi connectivity index (χ2v) is 9.04. The minimum absolute atomic E-state index is 0.0565. The summed E-state index contributed by atoms with van der Waals surface area (Å²) in [6.45, 7) is 9.93. The van der Waals surface area contributed by atoms with E-state index in [9.17, 15) is 14.3 Å². The number of allylic oxidation sites excluding steroid dienone is 2. The number of halogens is 1. The topological polar surface area (TPSA) is 72.6 Å². The molecule has 196 valence electrons. The molecule has 0 radical (unpaired) electrons. The Kier molecular flexibility index (Phi) is 10.2. The summed E-state index contributed by atoms with van der Waals surface area (Å²) in [7, 11) is 0. The number of carboxylic acids is 1. The van der Waals surface area contributed by atoms with Crippen molar-refractivity contribution in [2.75, 3.05) is 6.61 Å². The number of aromatic nitrogens is 1. The minimum Gasteiger partial charge on any atom is -0.493 e. The van der Waals surface area contributed by atoms with Crippen molar-refractivity contribution in [3.8, 4) is 16.9 Å². The molecule has 1 heterocycles. The normalized spacial score (nSPS) is 14.2. The Morgan fingerprint density at radius 1 is 1.24 bits per heavy atom. The lowest BCUT2D eigenvalue weighted by Crippen LogP contribution is -2.06. The van der Waals surface area contributed by atoms with Gasteiger partial charge >= 0.3 is 5.97 Å². The van der Waals surface area contributed by atoms with Crippen molar-refractivity contribution >= 4 is 12.0 Å². The van der Waals surface area contributed by atoms with E-state index in [2.05, 4.69) is 25.4 Å². The van der Waals surface area contributed by atoms with Crippen LogP contribution in [0, 0.1) is 12.7 Å². The molecule has 1 aliphatic rings. The molecule has 0 saturated carbocycles. The molecule has 1 aliphatic carbocycles. The third-order valence-corrected chi connectivity index (χ3v) is 6.29. The van der Waals surface area contributed by atoms with Crippen LogP contribution in [-0.4, -0.2) is 22.7 Å². The maximum atomic E-state index is 13.5. The van der Waals surface area contributed by atoms with Crippen molar-refractivity contribution < 1.29 is 23.4 Å². The van der Waals surface area contributed by atoms with Gasteiger partial charge in [0, 0.05) is 6.42 Å². The maximum Gasteiger partial charge on any atom is 0.303 e. The number of carbonyl (C=O) groups is 1. The van der Waals surface area contributed by atoms with Crippen LogP contribution in [0.3, 0.4) is 0 Å². The number of aliphatic carboxylic acids is 1. The average Bonchev–Trinajstić information content (AvgIpc) is 3.45. The zero-order valence-corrected chi connectivity index (χ0v) is 21.9. The van der Waals surface area contributed by atoms with Gasteiger partial charge in [-0.3, -0.25) is 4.79 Å². The van der Waals surface area contributed by atoms with Gasteiger partial charge in [-0.05, 0) is 91.1 Å². The molecule has 1 N–H and O–H groups in total. The van der Waals surface area contributed by atoms with E-state index in [4.69, 9.17) is 9.15 Å². The minimum atomic E-state index is -0.811. The molecule has 0 saturated heterocycles. The van der Waals surface area contributed by atoms with Gasteiger partial charge in [0.15, 0.2) is 0 Å². The number of aryl methyl sites for hydroxylation is 2. The summed E-state index contributed by atoms with van der Waals surface area (Å²) in [4.78, 5) is 15.9. The predicted molar refractivity (Wildman–Crippen MR) is 145 cm³/mol. The number of fused-ring (bicyclic) bond motifs is 1. The van der Waals surface area contributed by atoms with Crippen molar-refractivity contribution in [2.24, 2.45) is 0 Å². The summed E-state index contributed by atoms with van der Waals surface area (Å²) in [5, 5.41) is 9.36. The first kappa shape index (κ1) is 27.9. The van der Waals surface area contributed by atoms with Gasteiger partial charge in [0.25, 0.3) is 0 Å². The second-order valence-electron chi connectivity index (χ2n) is 9.04. The van der Waals surface area contributed by atoms with E-state index in [1.165, 1.54) is 12.1 Å². The number of carboxylic acid groups (broad SMARTS) is 1. The van der Waals surface area contributed by atoms with Gasteiger partial charge in [-0.25, -0.2) is 9.37 Å². The fourth-order valence-corrected chi connectivity index (χ4v) is 4.45. The van der Waals surface area contributed by atoms with Crippen LogP contribution in [0.25, 0.3) is 17.2 Å². The largest absolute Gasteiger partial charge is 0.493 e. The first-order valence-electron chi connectivity index (χ1n) is 12.9. The summed E-state index contributed by atoms with van der Waals surface area (Å²) in [6, 6.07) is 10.3. The van der Waals surface area contributed by atoms with Crippen molar-refractivity contribution in [2.45, 2.75) is 65.2 Å². The molecule has 0 amide bonds. The molecule has 3 aromatic rings.